The number of nitrogens with zero attached hydrogens (tertiary/aromatic N) is 1. The lowest BCUT2D eigenvalue weighted by molar-refractivity contribution is 0.120. The standard InChI is InChI=1S/C11H22N2.2ClH/c1-10-3-2-4-11(9-10)13-7-5-12-6-8-13;;/h10-12H,2-9H2,1H3;2*1H. The Labute approximate surface area is 106 Å². The summed E-state index contributed by atoms with van der Waals surface area (Å²) in [6.07, 6.45) is 5.81. The van der Waals surface area contributed by atoms with Crippen molar-refractivity contribution in [2.24, 2.45) is 5.92 Å². The molecule has 1 heterocycles. The molecular formula is C11H24Cl2N2. The van der Waals surface area contributed by atoms with Gasteiger partial charge in [0.25, 0.3) is 0 Å². The normalized spacial score (nSPS) is 32.6. The number of hydrogen-bond acceptors (Lipinski definition) is 2. The topological polar surface area (TPSA) is 15.3 Å². The molecule has 2 fully saturated rings. The molecule has 15 heavy (non-hydrogen) atoms. The summed E-state index contributed by atoms with van der Waals surface area (Å²) in [7, 11) is 0. The lowest BCUT2D eigenvalue weighted by Crippen LogP contribution is -2.49. The fourth-order valence-electron chi connectivity index (χ4n) is 2.78. The van der Waals surface area contributed by atoms with Crippen LogP contribution in [0.3, 0.4) is 0 Å². The van der Waals surface area contributed by atoms with Gasteiger partial charge in [0.2, 0.25) is 0 Å². The Morgan fingerprint density at radius 3 is 2.33 bits per heavy atom. The molecule has 2 atom stereocenters. The molecule has 92 valence electrons. The van der Waals surface area contributed by atoms with Crippen LogP contribution in [-0.4, -0.2) is 37.1 Å². The second kappa shape index (κ2) is 7.72. The van der Waals surface area contributed by atoms with E-state index in [1.165, 1.54) is 51.9 Å². The Balaban J connectivity index is 0.000000980. The molecular weight excluding hydrogens is 231 g/mol. The van der Waals surface area contributed by atoms with Crippen LogP contribution in [-0.2, 0) is 0 Å². The summed E-state index contributed by atoms with van der Waals surface area (Å²) in [6, 6.07) is 0.908. The van der Waals surface area contributed by atoms with Gasteiger partial charge in [-0.1, -0.05) is 19.8 Å². The smallest absolute Gasteiger partial charge is 0.0110 e. The highest BCUT2D eigenvalue weighted by Crippen LogP contribution is 2.27. The zero-order chi connectivity index (χ0) is 9.10. The number of rotatable bonds is 1. The van der Waals surface area contributed by atoms with Crippen molar-refractivity contribution in [2.45, 2.75) is 38.6 Å². The van der Waals surface area contributed by atoms with E-state index >= 15 is 0 Å². The van der Waals surface area contributed by atoms with Crippen molar-refractivity contribution in [1.82, 2.24) is 10.2 Å². The monoisotopic (exact) mass is 254 g/mol. The van der Waals surface area contributed by atoms with Gasteiger partial charge in [-0.2, -0.15) is 0 Å². The van der Waals surface area contributed by atoms with Gasteiger partial charge in [-0.05, 0) is 18.8 Å². The summed E-state index contributed by atoms with van der Waals surface area (Å²) < 4.78 is 0. The van der Waals surface area contributed by atoms with Gasteiger partial charge in [0.15, 0.2) is 0 Å². The van der Waals surface area contributed by atoms with Gasteiger partial charge in [0, 0.05) is 32.2 Å². The maximum Gasteiger partial charge on any atom is 0.0110 e. The summed E-state index contributed by atoms with van der Waals surface area (Å²) in [5, 5.41) is 3.42. The Kier molecular flexibility index (Phi) is 7.98. The molecule has 0 radical (unpaired) electrons. The molecule has 0 spiro atoms. The predicted octanol–water partition coefficient (Wildman–Crippen LogP) is 2.31. The Morgan fingerprint density at radius 1 is 1.07 bits per heavy atom. The number of nitrogens with one attached hydrogen (secondary N) is 1. The van der Waals surface area contributed by atoms with Crippen LogP contribution in [0.15, 0.2) is 0 Å². The van der Waals surface area contributed by atoms with Crippen LogP contribution >= 0.6 is 24.8 Å². The molecule has 1 aliphatic carbocycles. The third-order valence-corrected chi connectivity index (χ3v) is 3.58. The SMILES string of the molecule is CC1CCCC(N2CCNCC2)C1.Cl.Cl. The molecule has 2 nitrogen and oxygen atoms in total. The van der Waals surface area contributed by atoms with Crippen molar-refractivity contribution < 1.29 is 0 Å². The third kappa shape index (κ3) is 4.48. The van der Waals surface area contributed by atoms with E-state index in [4.69, 9.17) is 0 Å². The average Bonchev–Trinajstić information content (AvgIpc) is 2.19. The van der Waals surface area contributed by atoms with E-state index in [2.05, 4.69) is 17.1 Å². The maximum atomic E-state index is 3.42. The molecule has 1 saturated carbocycles. The van der Waals surface area contributed by atoms with Crippen LogP contribution in [0.5, 0.6) is 0 Å². The molecule has 0 bridgehead atoms. The van der Waals surface area contributed by atoms with Crippen molar-refractivity contribution in [3.63, 3.8) is 0 Å². The van der Waals surface area contributed by atoms with E-state index in [1.807, 2.05) is 0 Å². The van der Waals surface area contributed by atoms with E-state index < -0.39 is 0 Å². The Bertz CT molecular complexity index is 161. The minimum Gasteiger partial charge on any atom is -0.314 e. The fourth-order valence-corrected chi connectivity index (χ4v) is 2.78. The average molecular weight is 255 g/mol. The second-order valence-corrected chi connectivity index (χ2v) is 4.71. The summed E-state index contributed by atoms with van der Waals surface area (Å²) in [4.78, 5) is 2.70. The first-order valence-electron chi connectivity index (χ1n) is 5.81. The molecule has 2 rings (SSSR count). The second-order valence-electron chi connectivity index (χ2n) is 4.71. The van der Waals surface area contributed by atoms with E-state index in [0.717, 1.165) is 12.0 Å². The van der Waals surface area contributed by atoms with Crippen molar-refractivity contribution >= 4 is 24.8 Å². The number of piperazine rings is 1. The minimum absolute atomic E-state index is 0. The molecule has 4 heteroatoms. The summed E-state index contributed by atoms with van der Waals surface area (Å²) in [6.45, 7) is 7.36. The van der Waals surface area contributed by atoms with Crippen LogP contribution in [0.2, 0.25) is 0 Å². The summed E-state index contributed by atoms with van der Waals surface area (Å²) in [5.41, 5.74) is 0. The predicted molar refractivity (Wildman–Crippen MR) is 70.4 cm³/mol. The van der Waals surface area contributed by atoms with Crippen LogP contribution in [0.4, 0.5) is 0 Å². The fraction of sp³-hybridized carbons (Fsp3) is 1.00. The van der Waals surface area contributed by atoms with Crippen molar-refractivity contribution in [3.8, 4) is 0 Å². The molecule has 1 saturated heterocycles. The van der Waals surface area contributed by atoms with Gasteiger partial charge < -0.3 is 5.32 Å². The quantitative estimate of drug-likeness (QED) is 0.773. The molecule has 0 aromatic rings. The zero-order valence-electron chi connectivity index (χ0n) is 9.58. The molecule has 1 N–H and O–H groups in total. The minimum atomic E-state index is 0. The first-order valence-corrected chi connectivity index (χ1v) is 5.81. The molecule has 2 unspecified atom stereocenters. The Morgan fingerprint density at radius 2 is 1.73 bits per heavy atom. The van der Waals surface area contributed by atoms with Gasteiger partial charge in [0.05, 0.1) is 0 Å². The molecule has 1 aliphatic heterocycles. The van der Waals surface area contributed by atoms with Crippen molar-refractivity contribution in [1.29, 1.82) is 0 Å². The summed E-state index contributed by atoms with van der Waals surface area (Å²) >= 11 is 0. The lowest BCUT2D eigenvalue weighted by atomic mass is 9.86. The van der Waals surface area contributed by atoms with E-state index in [0.29, 0.717) is 0 Å². The van der Waals surface area contributed by atoms with Gasteiger partial charge in [-0.3, -0.25) is 4.90 Å². The van der Waals surface area contributed by atoms with Gasteiger partial charge in [-0.15, -0.1) is 24.8 Å². The van der Waals surface area contributed by atoms with Crippen LogP contribution < -0.4 is 5.32 Å². The maximum absolute atomic E-state index is 3.42. The third-order valence-electron chi connectivity index (χ3n) is 3.58. The first kappa shape index (κ1) is 15.5. The number of hydrogen-bond donors (Lipinski definition) is 1. The van der Waals surface area contributed by atoms with Crippen molar-refractivity contribution in [2.75, 3.05) is 26.2 Å². The van der Waals surface area contributed by atoms with E-state index in [-0.39, 0.29) is 24.8 Å². The van der Waals surface area contributed by atoms with Gasteiger partial charge >= 0.3 is 0 Å². The molecule has 0 aromatic heterocycles. The van der Waals surface area contributed by atoms with Crippen LogP contribution in [0.25, 0.3) is 0 Å². The molecule has 2 aliphatic rings. The molecule has 0 amide bonds. The highest BCUT2D eigenvalue weighted by atomic mass is 35.5. The van der Waals surface area contributed by atoms with Gasteiger partial charge in [-0.25, -0.2) is 0 Å². The number of halogens is 2. The largest absolute Gasteiger partial charge is 0.314 e. The van der Waals surface area contributed by atoms with Gasteiger partial charge in [0.1, 0.15) is 0 Å². The summed E-state index contributed by atoms with van der Waals surface area (Å²) in [5.74, 6) is 0.966. The highest BCUT2D eigenvalue weighted by Gasteiger charge is 2.25. The lowest BCUT2D eigenvalue weighted by Gasteiger charge is -2.38. The van der Waals surface area contributed by atoms with Crippen LogP contribution in [0.1, 0.15) is 32.6 Å². The first-order chi connectivity index (χ1) is 6.36. The highest BCUT2D eigenvalue weighted by molar-refractivity contribution is 5.85. The Hall–Kier alpha value is 0.500. The van der Waals surface area contributed by atoms with E-state index in [9.17, 15) is 0 Å². The van der Waals surface area contributed by atoms with E-state index in [1.54, 1.807) is 0 Å². The van der Waals surface area contributed by atoms with Crippen LogP contribution in [0, 0.1) is 5.92 Å². The zero-order valence-corrected chi connectivity index (χ0v) is 11.2. The molecule has 0 aromatic carbocycles. The van der Waals surface area contributed by atoms with Crippen molar-refractivity contribution in [3.05, 3.63) is 0 Å².